The molecule has 1 aromatic carbocycles. The monoisotopic (exact) mass is 247 g/mol. The van der Waals surface area contributed by atoms with Gasteiger partial charge in [-0.05, 0) is 63.9 Å². The smallest absolute Gasteiger partial charge is 0.0502 e. The second-order valence-electron chi connectivity index (χ2n) is 5.79. The van der Waals surface area contributed by atoms with Crippen LogP contribution in [0.2, 0.25) is 0 Å². The molecule has 2 rings (SSSR count). The molecule has 0 saturated carbocycles. The summed E-state index contributed by atoms with van der Waals surface area (Å²) in [7, 11) is 2.18. The number of piperidine rings is 1. The van der Waals surface area contributed by atoms with Crippen molar-refractivity contribution in [2.24, 2.45) is 5.92 Å². The van der Waals surface area contributed by atoms with E-state index in [1.807, 2.05) is 0 Å². The van der Waals surface area contributed by atoms with E-state index in [1.54, 1.807) is 0 Å². The summed E-state index contributed by atoms with van der Waals surface area (Å²) in [5, 5.41) is 9.80. The second-order valence-corrected chi connectivity index (χ2v) is 5.79. The third kappa shape index (κ3) is 2.93. The number of aliphatic hydroxyl groups is 1. The lowest BCUT2D eigenvalue weighted by Crippen LogP contribution is -2.33. The van der Waals surface area contributed by atoms with Crippen molar-refractivity contribution in [1.82, 2.24) is 4.90 Å². The van der Waals surface area contributed by atoms with Gasteiger partial charge in [-0.3, -0.25) is 0 Å². The highest BCUT2D eigenvalue weighted by Crippen LogP contribution is 2.34. The Hall–Kier alpha value is -0.860. The fraction of sp³-hybridized carbons (Fsp3) is 0.625. The summed E-state index contributed by atoms with van der Waals surface area (Å²) in [4.78, 5) is 2.38. The van der Waals surface area contributed by atoms with Crippen LogP contribution in [-0.2, 0) is 0 Å². The van der Waals surface area contributed by atoms with E-state index in [4.69, 9.17) is 0 Å². The van der Waals surface area contributed by atoms with E-state index >= 15 is 0 Å². The first kappa shape index (κ1) is 13.6. The number of aliphatic hydroxyl groups excluding tert-OH is 1. The van der Waals surface area contributed by atoms with E-state index in [9.17, 15) is 5.11 Å². The SMILES string of the molecule is Cc1ccc(C)c(C(CO)C2CCN(C)CC2)c1. The molecule has 2 nitrogen and oxygen atoms in total. The molecule has 1 heterocycles. The highest BCUT2D eigenvalue weighted by molar-refractivity contribution is 5.34. The summed E-state index contributed by atoms with van der Waals surface area (Å²) in [5.74, 6) is 0.949. The molecular weight excluding hydrogens is 222 g/mol. The summed E-state index contributed by atoms with van der Waals surface area (Å²) < 4.78 is 0. The van der Waals surface area contributed by atoms with Gasteiger partial charge in [-0.2, -0.15) is 0 Å². The van der Waals surface area contributed by atoms with Crippen LogP contribution in [0.1, 0.15) is 35.4 Å². The molecule has 1 aliphatic heterocycles. The third-order valence-electron chi connectivity index (χ3n) is 4.36. The first-order valence-electron chi connectivity index (χ1n) is 6.98. The fourth-order valence-corrected chi connectivity index (χ4v) is 3.09. The average molecular weight is 247 g/mol. The van der Waals surface area contributed by atoms with Gasteiger partial charge in [-0.15, -0.1) is 0 Å². The molecule has 1 aliphatic rings. The van der Waals surface area contributed by atoms with Crippen LogP contribution in [0, 0.1) is 19.8 Å². The summed E-state index contributed by atoms with van der Waals surface area (Å²) in [6.07, 6.45) is 2.41. The van der Waals surface area contributed by atoms with Gasteiger partial charge in [0.1, 0.15) is 0 Å². The molecule has 1 N–H and O–H groups in total. The molecule has 1 saturated heterocycles. The maximum Gasteiger partial charge on any atom is 0.0502 e. The minimum absolute atomic E-state index is 0.276. The lowest BCUT2D eigenvalue weighted by molar-refractivity contribution is 0.156. The first-order chi connectivity index (χ1) is 8.61. The maximum absolute atomic E-state index is 9.80. The second kappa shape index (κ2) is 5.85. The van der Waals surface area contributed by atoms with E-state index in [0.29, 0.717) is 11.8 Å². The van der Waals surface area contributed by atoms with E-state index in [0.717, 1.165) is 13.1 Å². The Morgan fingerprint density at radius 2 is 1.94 bits per heavy atom. The van der Waals surface area contributed by atoms with Crippen molar-refractivity contribution in [2.75, 3.05) is 26.7 Å². The molecule has 18 heavy (non-hydrogen) atoms. The van der Waals surface area contributed by atoms with Gasteiger partial charge in [0.2, 0.25) is 0 Å². The lowest BCUT2D eigenvalue weighted by atomic mass is 9.79. The van der Waals surface area contributed by atoms with Crippen LogP contribution in [0.4, 0.5) is 0 Å². The van der Waals surface area contributed by atoms with Gasteiger partial charge in [0.15, 0.2) is 0 Å². The van der Waals surface area contributed by atoms with Crippen molar-refractivity contribution in [1.29, 1.82) is 0 Å². The van der Waals surface area contributed by atoms with Gasteiger partial charge in [0.05, 0.1) is 6.61 Å². The number of rotatable bonds is 3. The van der Waals surface area contributed by atoms with Crippen LogP contribution in [0.3, 0.4) is 0 Å². The van der Waals surface area contributed by atoms with Crippen LogP contribution in [0.5, 0.6) is 0 Å². The fourth-order valence-electron chi connectivity index (χ4n) is 3.09. The Morgan fingerprint density at radius 1 is 1.28 bits per heavy atom. The largest absolute Gasteiger partial charge is 0.396 e. The minimum atomic E-state index is 0.276. The highest BCUT2D eigenvalue weighted by atomic mass is 16.3. The molecular formula is C16H25NO. The zero-order valence-corrected chi connectivity index (χ0v) is 11.8. The number of nitrogens with zero attached hydrogens (tertiary/aromatic N) is 1. The van der Waals surface area contributed by atoms with Crippen molar-refractivity contribution >= 4 is 0 Å². The van der Waals surface area contributed by atoms with E-state index in [1.165, 1.54) is 29.5 Å². The van der Waals surface area contributed by atoms with Gasteiger partial charge in [0, 0.05) is 5.92 Å². The van der Waals surface area contributed by atoms with Gasteiger partial charge in [0.25, 0.3) is 0 Å². The predicted octanol–water partition coefficient (Wildman–Crippen LogP) is 2.72. The molecule has 0 aromatic heterocycles. The Bertz CT molecular complexity index is 394. The van der Waals surface area contributed by atoms with E-state index in [2.05, 4.69) is 44.0 Å². The van der Waals surface area contributed by atoms with Crippen molar-refractivity contribution in [3.05, 3.63) is 34.9 Å². The van der Waals surface area contributed by atoms with Crippen LogP contribution < -0.4 is 0 Å². The number of aryl methyl sites for hydroxylation is 2. The van der Waals surface area contributed by atoms with Gasteiger partial charge in [-0.1, -0.05) is 23.8 Å². The van der Waals surface area contributed by atoms with Crippen LogP contribution in [-0.4, -0.2) is 36.8 Å². The lowest BCUT2D eigenvalue weighted by Gasteiger charge is -2.34. The topological polar surface area (TPSA) is 23.5 Å². The number of hydrogen-bond donors (Lipinski definition) is 1. The summed E-state index contributed by atoms with van der Waals surface area (Å²) >= 11 is 0. The molecule has 1 fully saturated rings. The number of benzene rings is 1. The molecule has 0 radical (unpaired) electrons. The van der Waals surface area contributed by atoms with Crippen LogP contribution >= 0.6 is 0 Å². The van der Waals surface area contributed by atoms with Gasteiger partial charge < -0.3 is 10.0 Å². The molecule has 1 atom stereocenters. The van der Waals surface area contributed by atoms with Gasteiger partial charge in [-0.25, -0.2) is 0 Å². The quantitative estimate of drug-likeness (QED) is 0.888. The predicted molar refractivity (Wildman–Crippen MR) is 76.0 cm³/mol. The Kier molecular flexibility index (Phi) is 4.41. The number of hydrogen-bond acceptors (Lipinski definition) is 2. The zero-order valence-electron chi connectivity index (χ0n) is 11.8. The van der Waals surface area contributed by atoms with E-state index < -0.39 is 0 Å². The van der Waals surface area contributed by atoms with Crippen LogP contribution in [0.25, 0.3) is 0 Å². The van der Waals surface area contributed by atoms with Crippen molar-refractivity contribution in [3.63, 3.8) is 0 Å². The molecule has 2 heteroatoms. The highest BCUT2D eigenvalue weighted by Gasteiger charge is 2.27. The van der Waals surface area contributed by atoms with Crippen molar-refractivity contribution < 1.29 is 5.11 Å². The summed E-state index contributed by atoms with van der Waals surface area (Å²) in [5.41, 5.74) is 3.97. The Labute approximate surface area is 111 Å². The van der Waals surface area contributed by atoms with Gasteiger partial charge >= 0.3 is 0 Å². The molecule has 0 bridgehead atoms. The normalized spacial score (nSPS) is 20.0. The number of likely N-dealkylation sites (tertiary alicyclic amines) is 1. The minimum Gasteiger partial charge on any atom is -0.396 e. The molecule has 100 valence electrons. The molecule has 1 unspecified atom stereocenters. The molecule has 0 spiro atoms. The molecule has 0 aliphatic carbocycles. The Morgan fingerprint density at radius 3 is 2.56 bits per heavy atom. The average Bonchev–Trinajstić information content (AvgIpc) is 2.37. The van der Waals surface area contributed by atoms with Crippen molar-refractivity contribution in [2.45, 2.75) is 32.6 Å². The Balaban J connectivity index is 2.19. The zero-order chi connectivity index (χ0) is 13.1. The standard InChI is InChI=1S/C16H25NO/c1-12-4-5-13(2)15(10-12)16(11-18)14-6-8-17(3)9-7-14/h4-5,10,14,16,18H,6-9,11H2,1-3H3. The third-order valence-corrected chi connectivity index (χ3v) is 4.36. The van der Waals surface area contributed by atoms with E-state index in [-0.39, 0.29) is 6.61 Å². The van der Waals surface area contributed by atoms with Crippen molar-refractivity contribution in [3.8, 4) is 0 Å². The summed E-state index contributed by atoms with van der Waals surface area (Å²) in [6.45, 7) is 6.88. The summed E-state index contributed by atoms with van der Waals surface area (Å²) in [6, 6.07) is 6.60. The van der Waals surface area contributed by atoms with Crippen LogP contribution in [0.15, 0.2) is 18.2 Å². The first-order valence-corrected chi connectivity index (χ1v) is 6.98. The maximum atomic E-state index is 9.80. The molecule has 0 amide bonds. The molecule has 1 aromatic rings.